The van der Waals surface area contributed by atoms with Crippen molar-refractivity contribution < 1.29 is 14.0 Å². The maximum Gasteiger partial charge on any atom is 0.305 e. The third-order valence-corrected chi connectivity index (χ3v) is 5.78. The minimum atomic E-state index is -0.524. The molecule has 0 aliphatic heterocycles. The lowest BCUT2D eigenvalue weighted by atomic mass is 10.1. The third-order valence-electron chi connectivity index (χ3n) is 4.54. The Balaban J connectivity index is 1.47. The molecule has 2 N–H and O–H groups in total. The standard InChI is InChI=1S/C23H19ClN4O3S/c24-18-10-8-17(9-11-18)19-13-25-23(28(19)14-16-5-2-1-3-6-16)32-15-21(29)26-27-22(30)20-7-4-12-31-20/h1-13H,14-15H2,(H,26,29)(H,27,30). The highest BCUT2D eigenvalue weighted by molar-refractivity contribution is 7.99. The fraction of sp³-hybridized carbons (Fsp3) is 0.0870. The van der Waals surface area contributed by atoms with Crippen molar-refractivity contribution >= 4 is 35.2 Å². The molecule has 2 amide bonds. The molecule has 2 heterocycles. The number of hydrazine groups is 1. The number of carbonyl (C=O) groups excluding carboxylic acids is 2. The number of aromatic nitrogens is 2. The fourth-order valence-electron chi connectivity index (χ4n) is 3.01. The van der Waals surface area contributed by atoms with Crippen molar-refractivity contribution in [3.63, 3.8) is 0 Å². The second-order valence-electron chi connectivity index (χ2n) is 6.77. The molecule has 0 atom stereocenters. The number of halogens is 1. The lowest BCUT2D eigenvalue weighted by molar-refractivity contribution is -0.119. The molecule has 0 saturated heterocycles. The Labute approximate surface area is 193 Å². The molecule has 0 radical (unpaired) electrons. The average molecular weight is 467 g/mol. The Morgan fingerprint density at radius 2 is 1.78 bits per heavy atom. The third kappa shape index (κ3) is 5.40. The van der Waals surface area contributed by atoms with Crippen LogP contribution in [-0.2, 0) is 11.3 Å². The summed E-state index contributed by atoms with van der Waals surface area (Å²) in [5.74, 6) is -0.699. The van der Waals surface area contributed by atoms with Crippen LogP contribution in [0.5, 0.6) is 0 Å². The van der Waals surface area contributed by atoms with Crippen molar-refractivity contribution in [1.29, 1.82) is 0 Å². The van der Waals surface area contributed by atoms with Crippen LogP contribution in [-0.4, -0.2) is 27.1 Å². The van der Waals surface area contributed by atoms with Gasteiger partial charge in [-0.1, -0.05) is 65.8 Å². The first-order valence-corrected chi connectivity index (χ1v) is 11.1. The quantitative estimate of drug-likeness (QED) is 0.311. The molecule has 0 unspecified atom stereocenters. The van der Waals surface area contributed by atoms with Crippen molar-refractivity contribution in [2.75, 3.05) is 5.75 Å². The van der Waals surface area contributed by atoms with E-state index in [1.807, 2.05) is 54.6 Å². The van der Waals surface area contributed by atoms with Gasteiger partial charge in [0.25, 0.3) is 0 Å². The lowest BCUT2D eigenvalue weighted by Gasteiger charge is -2.12. The minimum absolute atomic E-state index is 0.0737. The van der Waals surface area contributed by atoms with Gasteiger partial charge in [0.15, 0.2) is 10.9 Å². The Kier molecular flexibility index (Phi) is 6.94. The number of hydrogen-bond donors (Lipinski definition) is 2. The zero-order valence-electron chi connectivity index (χ0n) is 16.8. The van der Waals surface area contributed by atoms with Crippen molar-refractivity contribution in [2.24, 2.45) is 0 Å². The number of amides is 2. The first kappa shape index (κ1) is 21.7. The predicted molar refractivity (Wildman–Crippen MR) is 123 cm³/mol. The number of benzene rings is 2. The van der Waals surface area contributed by atoms with Crippen molar-refractivity contribution in [3.8, 4) is 11.3 Å². The van der Waals surface area contributed by atoms with Crippen LogP contribution in [0, 0.1) is 0 Å². The SMILES string of the molecule is O=C(CSc1ncc(-c2ccc(Cl)cc2)n1Cc1ccccc1)NNC(=O)c1ccco1. The van der Waals surface area contributed by atoms with E-state index in [-0.39, 0.29) is 17.4 Å². The molecule has 0 fully saturated rings. The van der Waals surface area contributed by atoms with Crippen LogP contribution < -0.4 is 10.9 Å². The van der Waals surface area contributed by atoms with Gasteiger partial charge in [0.05, 0.1) is 30.5 Å². The summed E-state index contributed by atoms with van der Waals surface area (Å²) in [4.78, 5) is 28.6. The van der Waals surface area contributed by atoms with Crippen LogP contribution in [0.3, 0.4) is 0 Å². The van der Waals surface area contributed by atoms with Crippen LogP contribution in [0.25, 0.3) is 11.3 Å². The predicted octanol–water partition coefficient (Wildman–Crippen LogP) is 4.40. The number of hydrogen-bond acceptors (Lipinski definition) is 5. The van der Waals surface area contributed by atoms with Gasteiger partial charge in [0.2, 0.25) is 5.91 Å². The Morgan fingerprint density at radius 3 is 2.50 bits per heavy atom. The smallest absolute Gasteiger partial charge is 0.305 e. The van der Waals surface area contributed by atoms with Gasteiger partial charge in [-0.3, -0.25) is 20.4 Å². The summed E-state index contributed by atoms with van der Waals surface area (Å²) >= 11 is 7.32. The zero-order valence-corrected chi connectivity index (χ0v) is 18.4. The van der Waals surface area contributed by atoms with Crippen LogP contribution in [0.2, 0.25) is 5.02 Å². The van der Waals surface area contributed by atoms with E-state index in [2.05, 4.69) is 20.4 Å². The first-order valence-electron chi connectivity index (χ1n) is 9.71. The van der Waals surface area contributed by atoms with Crippen molar-refractivity contribution in [2.45, 2.75) is 11.7 Å². The molecule has 2 aromatic heterocycles. The van der Waals surface area contributed by atoms with Gasteiger partial charge in [-0.2, -0.15) is 0 Å². The molecular formula is C23H19ClN4O3S. The zero-order chi connectivity index (χ0) is 22.3. The molecule has 0 aliphatic carbocycles. The Bertz CT molecular complexity index is 1190. The van der Waals surface area contributed by atoms with Gasteiger partial charge < -0.3 is 8.98 Å². The van der Waals surface area contributed by atoms with E-state index >= 15 is 0 Å². The molecule has 7 nitrogen and oxygen atoms in total. The van der Waals surface area contributed by atoms with E-state index in [1.165, 1.54) is 24.1 Å². The second kappa shape index (κ2) is 10.2. The Morgan fingerprint density at radius 1 is 1.00 bits per heavy atom. The van der Waals surface area contributed by atoms with Crippen LogP contribution in [0.4, 0.5) is 0 Å². The monoisotopic (exact) mass is 466 g/mol. The maximum absolute atomic E-state index is 12.2. The molecule has 32 heavy (non-hydrogen) atoms. The van der Waals surface area contributed by atoms with Gasteiger partial charge in [-0.05, 0) is 35.4 Å². The number of nitrogens with zero attached hydrogens (tertiary/aromatic N) is 2. The highest BCUT2D eigenvalue weighted by Gasteiger charge is 2.15. The fourth-order valence-corrected chi connectivity index (χ4v) is 3.91. The van der Waals surface area contributed by atoms with Crippen molar-refractivity contribution in [1.82, 2.24) is 20.4 Å². The highest BCUT2D eigenvalue weighted by atomic mass is 35.5. The van der Waals surface area contributed by atoms with Gasteiger partial charge in [0, 0.05) is 5.02 Å². The number of furan rings is 1. The summed E-state index contributed by atoms with van der Waals surface area (Å²) in [6.07, 6.45) is 3.17. The summed E-state index contributed by atoms with van der Waals surface area (Å²) in [5, 5.41) is 1.34. The summed E-state index contributed by atoms with van der Waals surface area (Å²) < 4.78 is 7.04. The van der Waals surface area contributed by atoms with E-state index in [0.717, 1.165) is 16.8 Å². The molecule has 9 heteroatoms. The molecule has 0 bridgehead atoms. The molecule has 0 aliphatic rings. The average Bonchev–Trinajstić information content (AvgIpc) is 3.48. The van der Waals surface area contributed by atoms with E-state index < -0.39 is 5.91 Å². The second-order valence-corrected chi connectivity index (χ2v) is 8.15. The minimum Gasteiger partial charge on any atom is -0.459 e. The first-order chi connectivity index (χ1) is 15.6. The summed E-state index contributed by atoms with van der Waals surface area (Å²) in [6, 6.07) is 20.6. The number of carbonyl (C=O) groups is 2. The van der Waals surface area contributed by atoms with Gasteiger partial charge >= 0.3 is 5.91 Å². The lowest BCUT2D eigenvalue weighted by Crippen LogP contribution is -2.42. The molecule has 0 spiro atoms. The summed E-state index contributed by atoms with van der Waals surface area (Å²) in [6.45, 7) is 0.595. The highest BCUT2D eigenvalue weighted by Crippen LogP contribution is 2.28. The molecule has 4 rings (SSSR count). The number of thioether (sulfide) groups is 1. The normalized spacial score (nSPS) is 10.7. The van der Waals surface area contributed by atoms with Gasteiger partial charge in [0.1, 0.15) is 0 Å². The van der Waals surface area contributed by atoms with Crippen LogP contribution in [0.15, 0.2) is 88.8 Å². The van der Waals surface area contributed by atoms with Gasteiger partial charge in [-0.25, -0.2) is 4.98 Å². The molecule has 2 aromatic carbocycles. The van der Waals surface area contributed by atoms with E-state index in [0.29, 0.717) is 16.7 Å². The topological polar surface area (TPSA) is 89.2 Å². The summed E-state index contributed by atoms with van der Waals surface area (Å²) in [7, 11) is 0. The largest absolute Gasteiger partial charge is 0.459 e. The van der Waals surface area contributed by atoms with E-state index in [4.69, 9.17) is 16.0 Å². The molecule has 162 valence electrons. The van der Waals surface area contributed by atoms with E-state index in [9.17, 15) is 9.59 Å². The number of nitrogens with one attached hydrogen (secondary N) is 2. The van der Waals surface area contributed by atoms with E-state index in [1.54, 1.807) is 12.3 Å². The number of rotatable bonds is 7. The summed E-state index contributed by atoms with van der Waals surface area (Å²) in [5.41, 5.74) is 7.71. The molecular weight excluding hydrogens is 448 g/mol. The molecule has 4 aromatic rings. The molecule has 0 saturated carbocycles. The van der Waals surface area contributed by atoms with Crippen LogP contribution in [0.1, 0.15) is 16.1 Å². The van der Waals surface area contributed by atoms with Crippen molar-refractivity contribution in [3.05, 3.63) is 95.5 Å². The maximum atomic E-state index is 12.2. The van der Waals surface area contributed by atoms with Crippen LogP contribution >= 0.6 is 23.4 Å². The number of imidazole rings is 1. The van der Waals surface area contributed by atoms with Gasteiger partial charge in [-0.15, -0.1) is 0 Å². The Hall–Kier alpha value is -3.49.